The molecule has 0 atom stereocenters. The molecule has 1 spiro atoms. The van der Waals surface area contributed by atoms with E-state index < -0.39 is 5.97 Å². The molecule has 1 saturated heterocycles. The van der Waals surface area contributed by atoms with Crippen molar-refractivity contribution >= 4 is 23.6 Å². The number of para-hydroxylation sites is 1. The molecule has 1 aliphatic heterocycles. The summed E-state index contributed by atoms with van der Waals surface area (Å²) in [4.78, 5) is 24.5. The maximum absolute atomic E-state index is 11.4. The number of carbonyl (C=O) groups excluding carboxylic acids is 1. The zero-order valence-electron chi connectivity index (χ0n) is 14.5. The number of piperidine rings is 1. The van der Waals surface area contributed by atoms with Gasteiger partial charge in [-0.05, 0) is 61.6 Å². The van der Waals surface area contributed by atoms with Crippen LogP contribution in [0.5, 0.6) is 0 Å². The Morgan fingerprint density at radius 3 is 2.36 bits per heavy atom. The number of primary amides is 1. The van der Waals surface area contributed by atoms with Crippen molar-refractivity contribution in [3.05, 3.63) is 35.9 Å². The maximum atomic E-state index is 11.4. The normalized spacial score (nSPS) is 20.9. The highest BCUT2D eigenvalue weighted by molar-refractivity contribution is 5.87. The van der Waals surface area contributed by atoms with Crippen LogP contribution in [0.25, 0.3) is 6.08 Å². The van der Waals surface area contributed by atoms with Crippen LogP contribution in [-0.4, -0.2) is 30.1 Å². The molecule has 2 fully saturated rings. The lowest BCUT2D eigenvalue weighted by Crippen LogP contribution is -2.43. The number of amides is 1. The summed E-state index contributed by atoms with van der Waals surface area (Å²) in [5.74, 6) is -1.02. The van der Waals surface area contributed by atoms with E-state index in [9.17, 15) is 9.59 Å². The SMILES string of the molecule is NC(=O)C1CCC2(CC1)CCN(c1ccccc1C=CC(=O)O)CC2. The standard InChI is InChI=1S/C20H26N2O3/c21-19(25)16-7-9-20(10-8-16)11-13-22(14-12-20)17-4-2-1-3-15(17)5-6-18(23)24/h1-6,16H,7-14H2,(H2,21,25)(H,23,24). The fourth-order valence-corrected chi connectivity index (χ4v) is 4.31. The highest BCUT2D eigenvalue weighted by atomic mass is 16.4. The minimum atomic E-state index is -0.932. The molecule has 0 bridgehead atoms. The Hall–Kier alpha value is -2.30. The number of hydrogen-bond donors (Lipinski definition) is 2. The second-order valence-electron chi connectivity index (χ2n) is 7.39. The Balaban J connectivity index is 1.65. The van der Waals surface area contributed by atoms with Crippen LogP contribution in [0.4, 0.5) is 5.69 Å². The van der Waals surface area contributed by atoms with E-state index in [0.717, 1.165) is 62.9 Å². The Morgan fingerprint density at radius 2 is 1.76 bits per heavy atom. The summed E-state index contributed by atoms with van der Waals surface area (Å²) in [6, 6.07) is 7.94. The molecule has 25 heavy (non-hydrogen) atoms. The molecule has 1 saturated carbocycles. The van der Waals surface area contributed by atoms with E-state index in [1.165, 1.54) is 6.08 Å². The van der Waals surface area contributed by atoms with Crippen LogP contribution in [0.3, 0.4) is 0 Å². The summed E-state index contributed by atoms with van der Waals surface area (Å²) in [6.45, 7) is 1.94. The number of rotatable bonds is 4. The first-order valence-electron chi connectivity index (χ1n) is 9.03. The first-order valence-corrected chi connectivity index (χ1v) is 9.03. The van der Waals surface area contributed by atoms with Gasteiger partial charge >= 0.3 is 5.97 Å². The number of carbonyl (C=O) groups is 2. The molecule has 0 unspecified atom stereocenters. The number of anilines is 1. The molecule has 0 aromatic heterocycles. The van der Waals surface area contributed by atoms with Gasteiger partial charge in [0.1, 0.15) is 0 Å². The van der Waals surface area contributed by atoms with Gasteiger partial charge in [-0.3, -0.25) is 4.79 Å². The molecule has 1 aliphatic carbocycles. The van der Waals surface area contributed by atoms with Crippen LogP contribution in [0.15, 0.2) is 30.3 Å². The third-order valence-corrected chi connectivity index (χ3v) is 5.96. The van der Waals surface area contributed by atoms with Crippen molar-refractivity contribution in [2.24, 2.45) is 17.1 Å². The molecule has 5 nitrogen and oxygen atoms in total. The first-order chi connectivity index (χ1) is 12.0. The lowest BCUT2D eigenvalue weighted by molar-refractivity contribution is -0.131. The highest BCUT2D eigenvalue weighted by Gasteiger charge is 2.39. The van der Waals surface area contributed by atoms with Crippen molar-refractivity contribution in [2.75, 3.05) is 18.0 Å². The Kier molecular flexibility index (Phi) is 5.11. The lowest BCUT2D eigenvalue weighted by atomic mass is 9.65. The van der Waals surface area contributed by atoms with Gasteiger partial charge in [0.15, 0.2) is 0 Å². The molecule has 1 aromatic carbocycles. The van der Waals surface area contributed by atoms with Crippen LogP contribution < -0.4 is 10.6 Å². The number of benzene rings is 1. The summed E-state index contributed by atoms with van der Waals surface area (Å²) in [7, 11) is 0. The summed E-state index contributed by atoms with van der Waals surface area (Å²) in [5, 5.41) is 8.87. The molecule has 0 radical (unpaired) electrons. The summed E-state index contributed by atoms with van der Waals surface area (Å²) >= 11 is 0. The van der Waals surface area contributed by atoms with Crippen molar-refractivity contribution in [3.8, 4) is 0 Å². The Labute approximate surface area is 148 Å². The van der Waals surface area contributed by atoms with Crippen LogP contribution in [0.1, 0.15) is 44.1 Å². The predicted molar refractivity (Wildman–Crippen MR) is 98.1 cm³/mol. The van der Waals surface area contributed by atoms with Crippen LogP contribution in [0.2, 0.25) is 0 Å². The third kappa shape index (κ3) is 4.03. The minimum Gasteiger partial charge on any atom is -0.478 e. The highest BCUT2D eigenvalue weighted by Crippen LogP contribution is 2.47. The van der Waals surface area contributed by atoms with Gasteiger partial charge in [0.05, 0.1) is 0 Å². The largest absolute Gasteiger partial charge is 0.478 e. The molecular formula is C20H26N2O3. The lowest BCUT2D eigenvalue weighted by Gasteiger charge is -2.46. The van der Waals surface area contributed by atoms with Gasteiger partial charge in [0.25, 0.3) is 0 Å². The predicted octanol–water partition coefficient (Wildman–Crippen LogP) is 3.05. The van der Waals surface area contributed by atoms with Gasteiger partial charge in [-0.2, -0.15) is 0 Å². The molecule has 134 valence electrons. The average molecular weight is 342 g/mol. The van der Waals surface area contributed by atoms with Gasteiger partial charge in [0.2, 0.25) is 5.91 Å². The summed E-state index contributed by atoms with van der Waals surface area (Å²) in [5.41, 5.74) is 7.85. The van der Waals surface area contributed by atoms with Gasteiger partial charge < -0.3 is 15.7 Å². The van der Waals surface area contributed by atoms with E-state index >= 15 is 0 Å². The molecule has 1 aromatic rings. The van der Waals surface area contributed by atoms with Crippen molar-refractivity contribution in [1.82, 2.24) is 0 Å². The molecule has 1 amide bonds. The van der Waals surface area contributed by atoms with Crippen molar-refractivity contribution in [1.29, 1.82) is 0 Å². The minimum absolute atomic E-state index is 0.0607. The fourth-order valence-electron chi connectivity index (χ4n) is 4.31. The number of aliphatic carboxylic acids is 1. The van der Waals surface area contributed by atoms with E-state index in [0.29, 0.717) is 5.41 Å². The molecule has 3 rings (SSSR count). The van der Waals surface area contributed by atoms with Crippen molar-refractivity contribution < 1.29 is 14.7 Å². The zero-order valence-corrected chi connectivity index (χ0v) is 14.5. The van der Waals surface area contributed by atoms with Crippen LogP contribution >= 0.6 is 0 Å². The number of carboxylic acid groups (broad SMARTS) is 1. The number of nitrogens with zero attached hydrogens (tertiary/aromatic N) is 1. The summed E-state index contributed by atoms with van der Waals surface area (Å²) in [6.07, 6.45) is 9.13. The van der Waals surface area contributed by atoms with Crippen molar-refractivity contribution in [2.45, 2.75) is 38.5 Å². The smallest absolute Gasteiger partial charge is 0.328 e. The van der Waals surface area contributed by atoms with Crippen LogP contribution in [-0.2, 0) is 9.59 Å². The van der Waals surface area contributed by atoms with E-state index in [1.54, 1.807) is 6.08 Å². The summed E-state index contributed by atoms with van der Waals surface area (Å²) < 4.78 is 0. The van der Waals surface area contributed by atoms with E-state index in [4.69, 9.17) is 10.8 Å². The Bertz CT molecular complexity index is 665. The second-order valence-corrected chi connectivity index (χ2v) is 7.39. The second kappa shape index (κ2) is 7.30. The molecule has 3 N–H and O–H groups in total. The monoisotopic (exact) mass is 342 g/mol. The Morgan fingerprint density at radius 1 is 1.12 bits per heavy atom. The van der Waals surface area contributed by atoms with Crippen LogP contribution in [0, 0.1) is 11.3 Å². The third-order valence-electron chi connectivity index (χ3n) is 5.96. The topological polar surface area (TPSA) is 83.6 Å². The quantitative estimate of drug-likeness (QED) is 0.824. The number of hydrogen-bond acceptors (Lipinski definition) is 3. The van der Waals surface area contributed by atoms with E-state index in [-0.39, 0.29) is 11.8 Å². The number of nitrogens with two attached hydrogens (primary N) is 1. The maximum Gasteiger partial charge on any atom is 0.328 e. The van der Waals surface area contributed by atoms with Gasteiger partial charge in [-0.25, -0.2) is 4.79 Å². The van der Waals surface area contributed by atoms with Gasteiger partial charge in [-0.15, -0.1) is 0 Å². The molecular weight excluding hydrogens is 316 g/mol. The average Bonchev–Trinajstić information content (AvgIpc) is 2.61. The molecule has 5 heteroatoms. The fraction of sp³-hybridized carbons (Fsp3) is 0.500. The van der Waals surface area contributed by atoms with E-state index in [1.807, 2.05) is 18.2 Å². The van der Waals surface area contributed by atoms with Gasteiger partial charge in [-0.1, -0.05) is 18.2 Å². The molecule has 1 heterocycles. The zero-order chi connectivity index (χ0) is 17.9. The van der Waals surface area contributed by atoms with Gasteiger partial charge in [0, 0.05) is 30.8 Å². The number of carboxylic acids is 1. The first kappa shape index (κ1) is 17.5. The molecule has 2 aliphatic rings. The van der Waals surface area contributed by atoms with Crippen molar-refractivity contribution in [3.63, 3.8) is 0 Å². The van der Waals surface area contributed by atoms with E-state index in [2.05, 4.69) is 11.0 Å².